The van der Waals surface area contributed by atoms with Crippen molar-refractivity contribution in [2.75, 3.05) is 26.2 Å². The van der Waals surface area contributed by atoms with Crippen molar-refractivity contribution in [3.8, 4) is 0 Å². The Bertz CT molecular complexity index is 1380. The first-order chi connectivity index (χ1) is 21.4. The van der Waals surface area contributed by atoms with E-state index in [-0.39, 0.29) is 17.7 Å². The summed E-state index contributed by atoms with van der Waals surface area (Å²) in [6.45, 7) is 5.04. The van der Waals surface area contributed by atoms with Crippen molar-refractivity contribution in [3.63, 3.8) is 0 Å². The molecule has 2 aromatic carbocycles. The fourth-order valence-corrected chi connectivity index (χ4v) is 5.72. The molecule has 0 aliphatic carbocycles. The van der Waals surface area contributed by atoms with E-state index in [4.69, 9.17) is 0 Å². The molecule has 2 saturated heterocycles. The fraction of sp³-hybridized carbons (Fsp3) is 0.500. The minimum absolute atomic E-state index is 0.0514. The smallest absolute Gasteiger partial charge is 0.339 e. The average Bonchev–Trinajstić information content (AvgIpc) is 2.99. The summed E-state index contributed by atoms with van der Waals surface area (Å²) in [5, 5.41) is -0.874. The van der Waals surface area contributed by atoms with Crippen LogP contribution in [-0.4, -0.2) is 77.2 Å². The molecular weight excluding hydrogens is 637 g/mol. The molecule has 2 aliphatic heterocycles. The third-order valence-corrected chi connectivity index (χ3v) is 8.05. The summed E-state index contributed by atoms with van der Waals surface area (Å²) in [7, 11) is 0. The zero-order valence-electron chi connectivity index (χ0n) is 24.4. The van der Waals surface area contributed by atoms with Gasteiger partial charge < -0.3 is 9.74 Å². The molecule has 2 amide bonds. The summed E-state index contributed by atoms with van der Waals surface area (Å²) in [4.78, 5) is 45.8. The maximum atomic E-state index is 14.2. The number of hydrogen-bond donors (Lipinski definition) is 0. The van der Waals surface area contributed by atoms with Crippen LogP contribution in [0.3, 0.4) is 0 Å². The average molecular weight is 668 g/mol. The molecule has 2 aliphatic rings. The molecule has 252 valence electrons. The van der Waals surface area contributed by atoms with Gasteiger partial charge >= 0.3 is 24.5 Å². The molecule has 0 N–H and O–H groups in total. The number of hydroxylamine groups is 2. The van der Waals surface area contributed by atoms with Gasteiger partial charge in [-0.15, -0.1) is 0 Å². The number of nitrogens with zero attached hydrogens (tertiary/aromatic N) is 3. The Kier molecular flexibility index (Phi) is 10.3. The third-order valence-electron chi connectivity index (χ3n) is 8.05. The van der Waals surface area contributed by atoms with E-state index in [1.54, 1.807) is 4.90 Å². The molecule has 2 heterocycles. The van der Waals surface area contributed by atoms with Gasteiger partial charge in [0.15, 0.2) is 6.04 Å². The van der Waals surface area contributed by atoms with E-state index in [0.717, 1.165) is 56.6 Å². The van der Waals surface area contributed by atoms with Crippen molar-refractivity contribution in [2.24, 2.45) is 5.92 Å². The number of likely N-dealkylation sites (tertiary alicyclic amines) is 2. The number of amides is 2. The minimum Gasteiger partial charge on any atom is -0.339 e. The zero-order valence-corrected chi connectivity index (χ0v) is 24.4. The SMILES string of the molecule is C[C@@H]1CCCN(C2CCN(C(=O)c3ccc(C(=O)N(OC(=O)C(F)(F)F)C(c4ccc(C(F)(F)F)cc4)C(F)(F)F)cc3)CC2)C1. The third kappa shape index (κ3) is 8.30. The molecule has 0 radical (unpaired) electrons. The Hall–Kier alpha value is -3.82. The molecule has 2 fully saturated rings. The van der Waals surface area contributed by atoms with Gasteiger partial charge in [-0.2, -0.15) is 44.6 Å². The maximum absolute atomic E-state index is 14.2. The number of piperidine rings is 2. The van der Waals surface area contributed by atoms with Crippen LogP contribution in [-0.2, 0) is 15.8 Å². The predicted molar refractivity (Wildman–Crippen MR) is 144 cm³/mol. The van der Waals surface area contributed by atoms with Gasteiger partial charge in [0, 0.05) is 36.8 Å². The molecule has 0 bridgehead atoms. The van der Waals surface area contributed by atoms with Crippen molar-refractivity contribution in [1.82, 2.24) is 14.9 Å². The van der Waals surface area contributed by atoms with Crippen molar-refractivity contribution < 1.29 is 58.7 Å². The molecule has 0 spiro atoms. The largest absolute Gasteiger partial charge is 0.493 e. The van der Waals surface area contributed by atoms with Crippen LogP contribution >= 0.6 is 0 Å². The van der Waals surface area contributed by atoms with Crippen LogP contribution in [0.5, 0.6) is 0 Å². The van der Waals surface area contributed by atoms with Gasteiger partial charge in [-0.25, -0.2) is 4.79 Å². The lowest BCUT2D eigenvalue weighted by Gasteiger charge is -2.41. The van der Waals surface area contributed by atoms with Gasteiger partial charge in [0.1, 0.15) is 0 Å². The van der Waals surface area contributed by atoms with Gasteiger partial charge in [-0.05, 0) is 80.1 Å². The zero-order chi connectivity index (χ0) is 34.0. The Morgan fingerprint density at radius 3 is 1.87 bits per heavy atom. The Morgan fingerprint density at radius 2 is 1.37 bits per heavy atom. The topological polar surface area (TPSA) is 70.2 Å². The Labute approximate surface area is 257 Å². The number of hydrogen-bond acceptors (Lipinski definition) is 5. The maximum Gasteiger partial charge on any atom is 0.493 e. The normalized spacial score (nSPS) is 19.4. The van der Waals surface area contributed by atoms with E-state index in [1.807, 2.05) is 0 Å². The second-order valence-corrected chi connectivity index (χ2v) is 11.4. The van der Waals surface area contributed by atoms with Crippen LogP contribution in [0.1, 0.15) is 70.5 Å². The highest BCUT2D eigenvalue weighted by atomic mass is 19.4. The quantitative estimate of drug-likeness (QED) is 0.259. The molecule has 2 aromatic rings. The van der Waals surface area contributed by atoms with Crippen LogP contribution in [0.25, 0.3) is 0 Å². The van der Waals surface area contributed by atoms with E-state index in [1.165, 1.54) is 6.42 Å². The number of rotatable bonds is 5. The minimum atomic E-state index is -5.83. The van der Waals surface area contributed by atoms with E-state index in [9.17, 15) is 53.9 Å². The fourth-order valence-electron chi connectivity index (χ4n) is 5.72. The highest BCUT2D eigenvalue weighted by molar-refractivity contribution is 5.98. The standard InChI is InChI=1S/C30H30F9N3O4/c1-18-3-2-14-41(17-18)23-12-15-40(16-13-23)25(43)20-4-6-21(7-5-20)26(44)42(46-27(45)30(37,38)39)24(29(34,35)36)19-8-10-22(11-9-19)28(31,32)33/h4-11,18,23-24H,2-3,12-17H2,1H3/t18-,24?/m1/s1. The molecule has 4 rings (SSSR count). The number of halogens is 9. The molecule has 46 heavy (non-hydrogen) atoms. The van der Waals surface area contributed by atoms with Crippen LogP contribution in [0, 0.1) is 5.92 Å². The van der Waals surface area contributed by atoms with Crippen LogP contribution in [0.15, 0.2) is 48.5 Å². The first-order valence-corrected chi connectivity index (χ1v) is 14.4. The first kappa shape index (κ1) is 35.0. The van der Waals surface area contributed by atoms with E-state index in [2.05, 4.69) is 16.7 Å². The first-order valence-electron chi connectivity index (χ1n) is 14.4. The number of alkyl halides is 9. The van der Waals surface area contributed by atoms with Crippen LogP contribution < -0.4 is 0 Å². The van der Waals surface area contributed by atoms with Gasteiger partial charge in [0.25, 0.3) is 11.8 Å². The van der Waals surface area contributed by atoms with Crippen molar-refractivity contribution in [1.29, 1.82) is 0 Å². The monoisotopic (exact) mass is 667 g/mol. The van der Waals surface area contributed by atoms with E-state index in [0.29, 0.717) is 37.2 Å². The molecule has 2 atom stereocenters. The second kappa shape index (κ2) is 13.5. The lowest BCUT2D eigenvalue weighted by Crippen LogP contribution is -2.49. The Morgan fingerprint density at radius 1 is 0.804 bits per heavy atom. The van der Waals surface area contributed by atoms with Crippen LogP contribution in [0.2, 0.25) is 0 Å². The summed E-state index contributed by atoms with van der Waals surface area (Å²) in [5.74, 6) is -4.88. The van der Waals surface area contributed by atoms with Gasteiger partial charge in [-0.3, -0.25) is 14.5 Å². The lowest BCUT2D eigenvalue weighted by atomic mass is 9.95. The second-order valence-electron chi connectivity index (χ2n) is 11.4. The molecule has 0 aromatic heterocycles. The van der Waals surface area contributed by atoms with E-state index >= 15 is 0 Å². The van der Waals surface area contributed by atoms with Gasteiger partial charge in [-0.1, -0.05) is 19.1 Å². The van der Waals surface area contributed by atoms with Gasteiger partial charge in [0.05, 0.1) is 5.56 Å². The molecule has 7 nitrogen and oxygen atoms in total. The summed E-state index contributed by atoms with van der Waals surface area (Å²) in [6, 6.07) is 1.94. The predicted octanol–water partition coefficient (Wildman–Crippen LogP) is 6.81. The van der Waals surface area contributed by atoms with Gasteiger partial charge in [0.2, 0.25) is 0 Å². The van der Waals surface area contributed by atoms with Crippen molar-refractivity contribution in [3.05, 3.63) is 70.8 Å². The molecular formula is C30H30F9N3O4. The highest BCUT2D eigenvalue weighted by Crippen LogP contribution is 2.40. The lowest BCUT2D eigenvalue weighted by molar-refractivity contribution is -0.268. The molecule has 1 unspecified atom stereocenters. The van der Waals surface area contributed by atoms with Crippen LogP contribution in [0.4, 0.5) is 39.5 Å². The molecule has 0 saturated carbocycles. The Balaban J connectivity index is 1.55. The summed E-state index contributed by atoms with van der Waals surface area (Å²) < 4.78 is 121. The number of carbonyl (C=O) groups is 3. The summed E-state index contributed by atoms with van der Waals surface area (Å²) in [5.41, 5.74) is -3.12. The number of benzene rings is 2. The summed E-state index contributed by atoms with van der Waals surface area (Å²) in [6.07, 6.45) is -12.7. The van der Waals surface area contributed by atoms with Crippen molar-refractivity contribution >= 4 is 17.8 Å². The highest BCUT2D eigenvalue weighted by Gasteiger charge is 2.52. The van der Waals surface area contributed by atoms with E-state index < -0.39 is 64.1 Å². The van der Waals surface area contributed by atoms with Crippen molar-refractivity contribution in [2.45, 2.75) is 63.2 Å². The molecule has 16 heteroatoms. The summed E-state index contributed by atoms with van der Waals surface area (Å²) >= 11 is 0. The number of carbonyl (C=O) groups excluding carboxylic acids is 3.